The summed E-state index contributed by atoms with van der Waals surface area (Å²) in [6.07, 6.45) is -0.0415. The molecule has 1 saturated carbocycles. The van der Waals surface area contributed by atoms with Crippen molar-refractivity contribution in [1.82, 2.24) is 10.3 Å². The molecule has 0 aromatic carbocycles. The van der Waals surface area contributed by atoms with Crippen molar-refractivity contribution in [3.63, 3.8) is 0 Å². The van der Waals surface area contributed by atoms with Crippen molar-refractivity contribution in [3.05, 3.63) is 23.9 Å². The first-order valence-electron chi connectivity index (χ1n) is 5.88. The van der Waals surface area contributed by atoms with Crippen LogP contribution in [0.4, 0.5) is 13.2 Å². The smallest absolute Gasteiger partial charge is 0.316 e. The van der Waals surface area contributed by atoms with Gasteiger partial charge in [0.05, 0.1) is 10.6 Å². The first-order chi connectivity index (χ1) is 8.50. The zero-order chi connectivity index (χ0) is 13.2. The Morgan fingerprint density at radius 3 is 2.67 bits per heavy atom. The van der Waals surface area contributed by atoms with E-state index in [1.54, 1.807) is 11.8 Å². The Morgan fingerprint density at radius 2 is 2.11 bits per heavy atom. The van der Waals surface area contributed by atoms with Crippen LogP contribution in [-0.4, -0.2) is 23.3 Å². The van der Waals surface area contributed by atoms with E-state index in [0.717, 1.165) is 31.5 Å². The number of pyridine rings is 1. The number of alkyl halides is 3. The summed E-state index contributed by atoms with van der Waals surface area (Å²) in [4.78, 5) is 3.89. The van der Waals surface area contributed by atoms with E-state index in [1.165, 1.54) is 6.07 Å². The molecular weight excluding hydrogens is 261 g/mol. The summed E-state index contributed by atoms with van der Waals surface area (Å²) in [5, 5.41) is 4.31. The first kappa shape index (κ1) is 13.7. The Labute approximate surface area is 108 Å². The molecule has 1 aromatic rings. The van der Waals surface area contributed by atoms with Crippen LogP contribution in [0.1, 0.15) is 24.8 Å². The van der Waals surface area contributed by atoms with E-state index < -0.39 is 11.7 Å². The maximum absolute atomic E-state index is 12.4. The van der Waals surface area contributed by atoms with Crippen LogP contribution in [0.5, 0.6) is 0 Å². The molecule has 0 amide bonds. The molecule has 1 heterocycles. The van der Waals surface area contributed by atoms with Crippen molar-refractivity contribution in [2.45, 2.75) is 41.8 Å². The summed E-state index contributed by atoms with van der Waals surface area (Å²) in [5.74, 6) is 0. The van der Waals surface area contributed by atoms with Gasteiger partial charge in [-0.05, 0) is 32.0 Å². The lowest BCUT2D eigenvalue weighted by Gasteiger charge is -2.17. The molecule has 2 nitrogen and oxygen atoms in total. The topological polar surface area (TPSA) is 24.9 Å². The molecule has 1 N–H and O–H groups in total. The van der Waals surface area contributed by atoms with Gasteiger partial charge in [0, 0.05) is 17.5 Å². The van der Waals surface area contributed by atoms with Crippen molar-refractivity contribution in [2.75, 3.05) is 7.05 Å². The average molecular weight is 276 g/mol. The van der Waals surface area contributed by atoms with Gasteiger partial charge in [-0.3, -0.25) is 0 Å². The average Bonchev–Trinajstić information content (AvgIpc) is 2.76. The first-order valence-corrected chi connectivity index (χ1v) is 6.76. The Bertz CT molecular complexity index is 391. The van der Waals surface area contributed by atoms with Gasteiger partial charge in [0.25, 0.3) is 0 Å². The maximum Gasteiger partial charge on any atom is 0.417 e. The highest BCUT2D eigenvalue weighted by atomic mass is 32.2. The van der Waals surface area contributed by atoms with Crippen molar-refractivity contribution < 1.29 is 13.2 Å². The summed E-state index contributed by atoms with van der Waals surface area (Å²) in [5.41, 5.74) is -0.691. The second kappa shape index (κ2) is 5.48. The molecule has 1 aliphatic rings. The largest absolute Gasteiger partial charge is 0.417 e. The number of aromatic nitrogens is 1. The molecule has 2 rings (SSSR count). The van der Waals surface area contributed by atoms with Crippen molar-refractivity contribution >= 4 is 11.8 Å². The zero-order valence-electron chi connectivity index (χ0n) is 10.00. The SMILES string of the molecule is CNC1CCCC1Sc1ccc(C(F)(F)F)cn1. The Balaban J connectivity index is 2.02. The van der Waals surface area contributed by atoms with Gasteiger partial charge < -0.3 is 5.32 Å². The molecule has 0 radical (unpaired) electrons. The summed E-state index contributed by atoms with van der Waals surface area (Å²) in [7, 11) is 1.92. The number of hydrogen-bond acceptors (Lipinski definition) is 3. The van der Waals surface area contributed by atoms with E-state index in [2.05, 4.69) is 10.3 Å². The van der Waals surface area contributed by atoms with E-state index in [0.29, 0.717) is 16.3 Å². The molecule has 18 heavy (non-hydrogen) atoms. The van der Waals surface area contributed by atoms with E-state index in [4.69, 9.17) is 0 Å². The summed E-state index contributed by atoms with van der Waals surface area (Å²) >= 11 is 1.56. The predicted molar refractivity (Wildman–Crippen MR) is 65.6 cm³/mol. The molecule has 1 fully saturated rings. The molecule has 6 heteroatoms. The van der Waals surface area contributed by atoms with Gasteiger partial charge in [-0.1, -0.05) is 6.42 Å². The second-order valence-corrected chi connectivity index (χ2v) is 5.62. The fourth-order valence-corrected chi connectivity index (χ4v) is 3.46. The highest BCUT2D eigenvalue weighted by molar-refractivity contribution is 7.99. The van der Waals surface area contributed by atoms with Crippen LogP contribution in [0, 0.1) is 0 Å². The predicted octanol–water partition coefficient (Wildman–Crippen LogP) is 3.33. The highest BCUT2D eigenvalue weighted by Crippen LogP contribution is 2.35. The summed E-state index contributed by atoms with van der Waals surface area (Å²) in [6.45, 7) is 0. The van der Waals surface area contributed by atoms with E-state index in [9.17, 15) is 13.2 Å². The number of halogens is 3. The molecule has 2 unspecified atom stereocenters. The van der Waals surface area contributed by atoms with Gasteiger partial charge in [-0.15, -0.1) is 11.8 Å². The lowest BCUT2D eigenvalue weighted by molar-refractivity contribution is -0.137. The van der Waals surface area contributed by atoms with E-state index >= 15 is 0 Å². The quantitative estimate of drug-likeness (QED) is 0.916. The van der Waals surface area contributed by atoms with Gasteiger partial charge in [0.2, 0.25) is 0 Å². The molecule has 1 aromatic heterocycles. The third-order valence-corrected chi connectivity index (χ3v) is 4.51. The van der Waals surface area contributed by atoms with Crippen LogP contribution in [0.2, 0.25) is 0 Å². The number of hydrogen-bond donors (Lipinski definition) is 1. The van der Waals surface area contributed by atoms with Crippen LogP contribution >= 0.6 is 11.8 Å². The van der Waals surface area contributed by atoms with Gasteiger partial charge in [0.1, 0.15) is 0 Å². The minimum Gasteiger partial charge on any atom is -0.316 e. The van der Waals surface area contributed by atoms with Crippen molar-refractivity contribution in [1.29, 1.82) is 0 Å². The number of nitrogens with zero attached hydrogens (tertiary/aromatic N) is 1. The summed E-state index contributed by atoms with van der Waals surface area (Å²) in [6, 6.07) is 2.98. The standard InChI is InChI=1S/C12H15F3N2S/c1-16-9-3-2-4-10(9)18-11-6-5-8(7-17-11)12(13,14)15/h5-7,9-10,16H,2-4H2,1H3. The summed E-state index contributed by atoms with van der Waals surface area (Å²) < 4.78 is 37.2. The van der Waals surface area contributed by atoms with Crippen LogP contribution in [0.3, 0.4) is 0 Å². The zero-order valence-corrected chi connectivity index (χ0v) is 10.8. The lowest BCUT2D eigenvalue weighted by atomic mass is 10.2. The molecule has 2 atom stereocenters. The third kappa shape index (κ3) is 3.17. The molecular formula is C12H15F3N2S. The van der Waals surface area contributed by atoms with E-state index in [-0.39, 0.29) is 0 Å². The molecule has 100 valence electrons. The van der Waals surface area contributed by atoms with Gasteiger partial charge in [-0.25, -0.2) is 4.98 Å². The van der Waals surface area contributed by atoms with Gasteiger partial charge in [-0.2, -0.15) is 13.2 Å². The van der Waals surface area contributed by atoms with Gasteiger partial charge in [0.15, 0.2) is 0 Å². The molecule has 0 aliphatic heterocycles. The lowest BCUT2D eigenvalue weighted by Crippen LogP contribution is -2.30. The molecule has 0 spiro atoms. The van der Waals surface area contributed by atoms with Crippen LogP contribution in [-0.2, 0) is 6.18 Å². The minimum atomic E-state index is -4.31. The monoisotopic (exact) mass is 276 g/mol. The fraction of sp³-hybridized carbons (Fsp3) is 0.583. The van der Waals surface area contributed by atoms with E-state index in [1.807, 2.05) is 7.05 Å². The normalized spacial score (nSPS) is 24.4. The fourth-order valence-electron chi connectivity index (χ4n) is 2.17. The Kier molecular flexibility index (Phi) is 4.17. The number of thioether (sulfide) groups is 1. The number of nitrogens with one attached hydrogen (secondary N) is 1. The number of rotatable bonds is 3. The van der Waals surface area contributed by atoms with Crippen LogP contribution < -0.4 is 5.32 Å². The third-order valence-electron chi connectivity index (χ3n) is 3.16. The van der Waals surface area contributed by atoms with Crippen LogP contribution in [0.25, 0.3) is 0 Å². The Hall–Kier alpha value is -0.750. The van der Waals surface area contributed by atoms with Gasteiger partial charge >= 0.3 is 6.18 Å². The van der Waals surface area contributed by atoms with Crippen LogP contribution in [0.15, 0.2) is 23.4 Å². The Morgan fingerprint density at radius 1 is 1.33 bits per heavy atom. The minimum absolute atomic E-state index is 0.402. The highest BCUT2D eigenvalue weighted by Gasteiger charge is 2.31. The molecule has 1 aliphatic carbocycles. The second-order valence-electron chi connectivity index (χ2n) is 4.37. The molecule has 0 bridgehead atoms. The van der Waals surface area contributed by atoms with Crippen molar-refractivity contribution in [2.24, 2.45) is 0 Å². The maximum atomic E-state index is 12.4. The molecule has 0 saturated heterocycles. The van der Waals surface area contributed by atoms with Crippen molar-refractivity contribution in [3.8, 4) is 0 Å².